The summed E-state index contributed by atoms with van der Waals surface area (Å²) in [5.41, 5.74) is 2.19. The van der Waals surface area contributed by atoms with E-state index in [0.717, 1.165) is 31.5 Å². The molecule has 0 saturated carbocycles. The topological polar surface area (TPSA) is 79.9 Å². The van der Waals surface area contributed by atoms with Crippen molar-refractivity contribution < 1.29 is 19.1 Å². The fraction of sp³-hybridized carbons (Fsp3) is 0.385. The summed E-state index contributed by atoms with van der Waals surface area (Å²) in [4.78, 5) is 26.6. The first-order chi connectivity index (χ1) is 16.1. The van der Waals surface area contributed by atoms with Crippen LogP contribution >= 0.6 is 0 Å². The average Bonchev–Trinajstić information content (AvgIpc) is 3.11. The Bertz CT molecular complexity index is 949. The number of carbonyl (C=O) groups excluding carboxylic acids is 2. The van der Waals surface area contributed by atoms with E-state index in [2.05, 4.69) is 10.6 Å². The molecule has 0 aliphatic carbocycles. The maximum Gasteiger partial charge on any atom is 0.321 e. The van der Waals surface area contributed by atoms with E-state index < -0.39 is 0 Å². The quantitative estimate of drug-likeness (QED) is 0.516. The van der Waals surface area contributed by atoms with E-state index in [0.29, 0.717) is 36.1 Å². The SMILES string of the molecule is CCOc1ccc(/C=C/C(=O)Nc2ccc(NC(=O)N3CCCCCC3)cc2)cc1OCC. The van der Waals surface area contributed by atoms with Gasteiger partial charge in [-0.3, -0.25) is 4.79 Å². The molecule has 7 heteroatoms. The summed E-state index contributed by atoms with van der Waals surface area (Å²) in [6.07, 6.45) is 7.66. The first-order valence-corrected chi connectivity index (χ1v) is 11.6. The van der Waals surface area contributed by atoms with Gasteiger partial charge in [-0.15, -0.1) is 0 Å². The van der Waals surface area contributed by atoms with Gasteiger partial charge in [0.1, 0.15) is 0 Å². The normalized spacial score (nSPS) is 13.9. The molecule has 33 heavy (non-hydrogen) atoms. The third-order valence-corrected chi connectivity index (χ3v) is 5.29. The van der Waals surface area contributed by atoms with Crippen LogP contribution in [0.25, 0.3) is 6.08 Å². The number of hydrogen-bond acceptors (Lipinski definition) is 4. The molecule has 0 unspecified atom stereocenters. The minimum absolute atomic E-state index is 0.0709. The number of ether oxygens (including phenoxy) is 2. The van der Waals surface area contributed by atoms with Crippen LogP contribution in [0, 0.1) is 0 Å². The lowest BCUT2D eigenvalue weighted by Crippen LogP contribution is -2.35. The van der Waals surface area contributed by atoms with Crippen LogP contribution in [0.3, 0.4) is 0 Å². The fourth-order valence-electron chi connectivity index (χ4n) is 3.64. The first-order valence-electron chi connectivity index (χ1n) is 11.6. The highest BCUT2D eigenvalue weighted by Crippen LogP contribution is 2.29. The van der Waals surface area contributed by atoms with Crippen LogP contribution in [-0.2, 0) is 4.79 Å². The zero-order valence-electron chi connectivity index (χ0n) is 19.4. The molecule has 2 aromatic rings. The number of nitrogens with one attached hydrogen (secondary N) is 2. The molecule has 0 radical (unpaired) electrons. The first kappa shape index (κ1) is 24.2. The molecule has 2 aromatic carbocycles. The summed E-state index contributed by atoms with van der Waals surface area (Å²) < 4.78 is 11.2. The third-order valence-electron chi connectivity index (χ3n) is 5.29. The lowest BCUT2D eigenvalue weighted by Gasteiger charge is -2.20. The molecule has 2 N–H and O–H groups in total. The van der Waals surface area contributed by atoms with Crippen LogP contribution in [0.15, 0.2) is 48.5 Å². The number of hydrogen-bond donors (Lipinski definition) is 2. The Balaban J connectivity index is 1.54. The summed E-state index contributed by atoms with van der Waals surface area (Å²) in [5.74, 6) is 1.09. The third kappa shape index (κ3) is 7.56. The molecule has 0 spiro atoms. The molecule has 176 valence electrons. The van der Waals surface area contributed by atoms with Gasteiger partial charge in [0.2, 0.25) is 5.91 Å². The highest BCUT2D eigenvalue weighted by molar-refractivity contribution is 6.02. The Morgan fingerprint density at radius 1 is 0.848 bits per heavy atom. The number of nitrogens with zero attached hydrogens (tertiary/aromatic N) is 1. The fourth-order valence-corrected chi connectivity index (χ4v) is 3.64. The molecular formula is C26H33N3O4. The van der Waals surface area contributed by atoms with Crippen LogP contribution in [0.1, 0.15) is 45.1 Å². The second-order valence-electron chi connectivity index (χ2n) is 7.80. The zero-order valence-corrected chi connectivity index (χ0v) is 19.4. The molecular weight excluding hydrogens is 418 g/mol. The highest BCUT2D eigenvalue weighted by Gasteiger charge is 2.15. The Morgan fingerprint density at radius 2 is 1.45 bits per heavy atom. The van der Waals surface area contributed by atoms with Gasteiger partial charge in [0, 0.05) is 30.5 Å². The van der Waals surface area contributed by atoms with E-state index in [1.807, 2.05) is 36.9 Å². The van der Waals surface area contributed by atoms with Gasteiger partial charge in [-0.05, 0) is 74.7 Å². The predicted molar refractivity (Wildman–Crippen MR) is 132 cm³/mol. The van der Waals surface area contributed by atoms with Crippen molar-refractivity contribution in [3.8, 4) is 11.5 Å². The van der Waals surface area contributed by atoms with E-state index in [9.17, 15) is 9.59 Å². The largest absolute Gasteiger partial charge is 0.490 e. The van der Waals surface area contributed by atoms with Crippen LogP contribution in [0.2, 0.25) is 0 Å². The predicted octanol–water partition coefficient (Wildman–Crippen LogP) is 5.54. The molecule has 1 heterocycles. The van der Waals surface area contributed by atoms with Gasteiger partial charge in [-0.1, -0.05) is 18.9 Å². The van der Waals surface area contributed by atoms with Crippen LogP contribution < -0.4 is 20.1 Å². The van der Waals surface area contributed by atoms with Crippen molar-refractivity contribution in [2.75, 3.05) is 36.9 Å². The van der Waals surface area contributed by atoms with Crippen molar-refractivity contribution in [2.45, 2.75) is 39.5 Å². The smallest absolute Gasteiger partial charge is 0.321 e. The van der Waals surface area contributed by atoms with Crippen LogP contribution in [-0.4, -0.2) is 43.1 Å². The van der Waals surface area contributed by atoms with Gasteiger partial charge in [-0.25, -0.2) is 4.79 Å². The number of benzene rings is 2. The van der Waals surface area contributed by atoms with Crippen molar-refractivity contribution in [3.05, 3.63) is 54.1 Å². The molecule has 7 nitrogen and oxygen atoms in total. The number of carbonyl (C=O) groups is 2. The Kier molecular flexibility index (Phi) is 9.18. The monoisotopic (exact) mass is 451 g/mol. The average molecular weight is 452 g/mol. The van der Waals surface area contributed by atoms with Crippen molar-refractivity contribution in [1.29, 1.82) is 0 Å². The highest BCUT2D eigenvalue weighted by atomic mass is 16.5. The zero-order chi connectivity index (χ0) is 23.5. The van der Waals surface area contributed by atoms with Gasteiger partial charge in [0.05, 0.1) is 13.2 Å². The summed E-state index contributed by atoms with van der Waals surface area (Å²) in [6.45, 7) is 6.52. The number of likely N-dealkylation sites (tertiary alicyclic amines) is 1. The van der Waals surface area contributed by atoms with Gasteiger partial charge in [-0.2, -0.15) is 0 Å². The number of urea groups is 1. The van der Waals surface area contributed by atoms with E-state index in [4.69, 9.17) is 9.47 Å². The van der Waals surface area contributed by atoms with Crippen molar-refractivity contribution >= 4 is 29.4 Å². The van der Waals surface area contributed by atoms with E-state index in [1.165, 1.54) is 18.9 Å². The molecule has 3 amide bonds. The molecule has 1 saturated heterocycles. The van der Waals surface area contributed by atoms with Crippen LogP contribution in [0.4, 0.5) is 16.2 Å². The van der Waals surface area contributed by atoms with E-state index in [-0.39, 0.29) is 11.9 Å². The second-order valence-corrected chi connectivity index (χ2v) is 7.80. The minimum atomic E-state index is -0.247. The van der Waals surface area contributed by atoms with E-state index in [1.54, 1.807) is 30.3 Å². The van der Waals surface area contributed by atoms with Gasteiger partial charge in [0.25, 0.3) is 0 Å². The summed E-state index contributed by atoms with van der Waals surface area (Å²) in [6, 6.07) is 12.6. The summed E-state index contributed by atoms with van der Waals surface area (Å²) in [7, 11) is 0. The van der Waals surface area contributed by atoms with Crippen molar-refractivity contribution in [3.63, 3.8) is 0 Å². The van der Waals surface area contributed by atoms with E-state index >= 15 is 0 Å². The maximum atomic E-state index is 12.4. The minimum Gasteiger partial charge on any atom is -0.490 e. The van der Waals surface area contributed by atoms with Crippen molar-refractivity contribution in [2.24, 2.45) is 0 Å². The lowest BCUT2D eigenvalue weighted by molar-refractivity contribution is -0.111. The number of anilines is 2. The molecule has 0 atom stereocenters. The van der Waals surface area contributed by atoms with Gasteiger partial charge < -0.3 is 25.0 Å². The molecule has 1 aliphatic rings. The Labute approximate surface area is 195 Å². The number of amides is 3. The van der Waals surface area contributed by atoms with Gasteiger partial charge in [0.15, 0.2) is 11.5 Å². The molecule has 0 bridgehead atoms. The lowest BCUT2D eigenvalue weighted by atomic mass is 10.2. The summed E-state index contributed by atoms with van der Waals surface area (Å²) >= 11 is 0. The molecule has 0 aromatic heterocycles. The molecule has 3 rings (SSSR count). The maximum absolute atomic E-state index is 12.4. The van der Waals surface area contributed by atoms with Crippen LogP contribution in [0.5, 0.6) is 11.5 Å². The Morgan fingerprint density at radius 3 is 2.09 bits per heavy atom. The van der Waals surface area contributed by atoms with Gasteiger partial charge >= 0.3 is 6.03 Å². The molecule has 1 aliphatic heterocycles. The number of rotatable bonds is 8. The summed E-state index contributed by atoms with van der Waals surface area (Å²) in [5, 5.41) is 5.76. The second kappa shape index (κ2) is 12.5. The molecule has 1 fully saturated rings. The Hall–Kier alpha value is -3.48. The van der Waals surface area contributed by atoms with Crippen molar-refractivity contribution in [1.82, 2.24) is 4.90 Å². The standard InChI is InChI=1S/C26H33N3O4/c1-3-32-23-15-9-20(19-24(23)33-4-2)10-16-25(30)27-21-11-13-22(14-12-21)28-26(31)29-17-7-5-6-8-18-29/h9-16,19H,3-8,17-18H2,1-2H3,(H,27,30)(H,28,31)/b16-10+.